The number of rotatable bonds is 6. The smallest absolute Gasteiger partial charge is 0.295 e. The Balaban J connectivity index is 2.12. The highest BCUT2D eigenvalue weighted by Gasteiger charge is 2.45. The predicted octanol–water partition coefficient (Wildman–Crippen LogP) is 2.90. The SMILES string of the molecule is COCCN1C(=O)C(=O)/C(=C(\O)c2ccc(OC)cc2)C1c1ccc(F)cc1. The number of carbonyl (C=O) groups is 2. The summed E-state index contributed by atoms with van der Waals surface area (Å²) in [6.45, 7) is 0.371. The van der Waals surface area contributed by atoms with Gasteiger partial charge in [-0.1, -0.05) is 12.1 Å². The molecule has 2 aromatic rings. The topological polar surface area (TPSA) is 76.1 Å². The maximum atomic E-state index is 13.4. The van der Waals surface area contributed by atoms with Crippen LogP contribution in [0.1, 0.15) is 17.2 Å². The fraction of sp³-hybridized carbons (Fsp3) is 0.238. The van der Waals surface area contributed by atoms with Crippen molar-refractivity contribution in [2.24, 2.45) is 0 Å². The van der Waals surface area contributed by atoms with E-state index in [9.17, 15) is 19.1 Å². The number of methoxy groups -OCH3 is 2. The van der Waals surface area contributed by atoms with E-state index in [-0.39, 0.29) is 24.5 Å². The first-order valence-electron chi connectivity index (χ1n) is 8.65. The van der Waals surface area contributed by atoms with E-state index in [0.29, 0.717) is 16.9 Å². The van der Waals surface area contributed by atoms with Crippen molar-refractivity contribution in [3.63, 3.8) is 0 Å². The number of likely N-dealkylation sites (tertiary alicyclic amines) is 1. The Hall–Kier alpha value is -3.19. The number of benzene rings is 2. The van der Waals surface area contributed by atoms with Gasteiger partial charge in [0.15, 0.2) is 0 Å². The van der Waals surface area contributed by atoms with Crippen molar-refractivity contribution in [2.45, 2.75) is 6.04 Å². The summed E-state index contributed by atoms with van der Waals surface area (Å²) in [7, 11) is 3.01. The van der Waals surface area contributed by atoms with E-state index >= 15 is 0 Å². The number of amides is 1. The number of halogens is 1. The summed E-state index contributed by atoms with van der Waals surface area (Å²) < 4.78 is 23.5. The lowest BCUT2D eigenvalue weighted by Gasteiger charge is -2.25. The molecule has 146 valence electrons. The highest BCUT2D eigenvalue weighted by Crippen LogP contribution is 2.39. The second kappa shape index (κ2) is 8.22. The minimum Gasteiger partial charge on any atom is -0.507 e. The molecule has 0 saturated carbocycles. The van der Waals surface area contributed by atoms with Crippen LogP contribution in [-0.4, -0.2) is 49.1 Å². The minimum atomic E-state index is -0.835. The molecule has 1 N–H and O–H groups in total. The van der Waals surface area contributed by atoms with Crippen molar-refractivity contribution in [2.75, 3.05) is 27.4 Å². The highest BCUT2D eigenvalue weighted by atomic mass is 19.1. The minimum absolute atomic E-state index is 0.0436. The van der Waals surface area contributed by atoms with Gasteiger partial charge in [-0.2, -0.15) is 0 Å². The maximum absolute atomic E-state index is 13.4. The Labute approximate surface area is 161 Å². The monoisotopic (exact) mass is 385 g/mol. The van der Waals surface area contributed by atoms with Crippen LogP contribution in [0.15, 0.2) is 54.1 Å². The van der Waals surface area contributed by atoms with Gasteiger partial charge in [0, 0.05) is 19.2 Å². The molecule has 0 bridgehead atoms. The van der Waals surface area contributed by atoms with Gasteiger partial charge in [-0.05, 0) is 42.0 Å². The van der Waals surface area contributed by atoms with Gasteiger partial charge in [0.25, 0.3) is 11.7 Å². The van der Waals surface area contributed by atoms with Crippen LogP contribution in [0.25, 0.3) is 5.76 Å². The summed E-state index contributed by atoms with van der Waals surface area (Å²) >= 11 is 0. The number of hydrogen-bond acceptors (Lipinski definition) is 5. The Kier molecular flexibility index (Phi) is 5.75. The zero-order chi connectivity index (χ0) is 20.3. The fourth-order valence-electron chi connectivity index (χ4n) is 3.20. The Morgan fingerprint density at radius 1 is 1.07 bits per heavy atom. The van der Waals surface area contributed by atoms with E-state index in [2.05, 4.69) is 0 Å². The van der Waals surface area contributed by atoms with Gasteiger partial charge in [0.05, 0.1) is 25.3 Å². The number of ketones is 1. The second-order valence-electron chi connectivity index (χ2n) is 6.27. The fourth-order valence-corrected chi connectivity index (χ4v) is 3.20. The molecule has 0 radical (unpaired) electrons. The molecule has 7 heteroatoms. The van der Waals surface area contributed by atoms with Crippen molar-refractivity contribution in [3.8, 4) is 5.75 Å². The van der Waals surface area contributed by atoms with Crippen molar-refractivity contribution in [3.05, 3.63) is 71.0 Å². The quantitative estimate of drug-likeness (QED) is 0.470. The number of Topliss-reactive ketones (excluding diaryl/α,β-unsaturated/α-hetero) is 1. The zero-order valence-corrected chi connectivity index (χ0v) is 15.5. The Morgan fingerprint density at radius 3 is 2.29 bits per heavy atom. The second-order valence-corrected chi connectivity index (χ2v) is 6.27. The van der Waals surface area contributed by atoms with E-state index in [4.69, 9.17) is 9.47 Å². The number of nitrogens with zero attached hydrogens (tertiary/aromatic N) is 1. The first-order valence-corrected chi connectivity index (χ1v) is 8.65. The van der Waals surface area contributed by atoms with Crippen molar-refractivity contribution in [1.82, 2.24) is 4.90 Å². The van der Waals surface area contributed by atoms with Gasteiger partial charge in [0.2, 0.25) is 0 Å². The molecule has 1 amide bonds. The van der Waals surface area contributed by atoms with E-state index in [1.165, 1.54) is 43.4 Å². The molecular formula is C21H20FNO5. The average molecular weight is 385 g/mol. The standard InChI is InChI=1S/C21H20FNO5/c1-27-12-11-23-18(13-3-7-15(22)8-4-13)17(20(25)21(23)26)19(24)14-5-9-16(28-2)10-6-14/h3-10,18,24H,11-12H2,1-2H3/b19-17-. The van der Waals surface area contributed by atoms with Gasteiger partial charge in [0.1, 0.15) is 17.3 Å². The number of aliphatic hydroxyl groups is 1. The summed E-state index contributed by atoms with van der Waals surface area (Å²) in [4.78, 5) is 26.6. The number of carbonyl (C=O) groups excluding carboxylic acids is 2. The van der Waals surface area contributed by atoms with Gasteiger partial charge < -0.3 is 19.5 Å². The molecule has 2 aromatic carbocycles. The van der Waals surface area contributed by atoms with Crippen LogP contribution in [0.2, 0.25) is 0 Å². The van der Waals surface area contributed by atoms with E-state index < -0.39 is 23.5 Å². The van der Waals surface area contributed by atoms with Crippen LogP contribution in [-0.2, 0) is 14.3 Å². The summed E-state index contributed by atoms with van der Waals surface area (Å²) in [6, 6.07) is 11.1. The number of aliphatic hydroxyl groups excluding tert-OH is 1. The third-order valence-corrected chi connectivity index (χ3v) is 4.63. The summed E-state index contributed by atoms with van der Waals surface area (Å²) in [5.41, 5.74) is 0.849. The molecule has 3 rings (SSSR count). The molecule has 6 nitrogen and oxygen atoms in total. The number of ether oxygens (including phenoxy) is 2. The van der Waals surface area contributed by atoms with Crippen LogP contribution in [0.5, 0.6) is 5.75 Å². The lowest BCUT2D eigenvalue weighted by atomic mass is 9.95. The molecule has 1 unspecified atom stereocenters. The first kappa shape index (κ1) is 19.6. The average Bonchev–Trinajstić information content (AvgIpc) is 2.97. The third-order valence-electron chi connectivity index (χ3n) is 4.63. The highest BCUT2D eigenvalue weighted by molar-refractivity contribution is 6.46. The Bertz CT molecular complexity index is 905. The normalized spacial score (nSPS) is 18.5. The van der Waals surface area contributed by atoms with Gasteiger partial charge >= 0.3 is 0 Å². The van der Waals surface area contributed by atoms with E-state index in [0.717, 1.165) is 0 Å². The maximum Gasteiger partial charge on any atom is 0.295 e. The molecule has 1 aliphatic rings. The molecule has 0 aromatic heterocycles. The summed E-state index contributed by atoms with van der Waals surface area (Å²) in [6.07, 6.45) is 0. The van der Waals surface area contributed by atoms with Crippen molar-refractivity contribution < 1.29 is 28.6 Å². The summed E-state index contributed by atoms with van der Waals surface area (Å²) in [5, 5.41) is 10.8. The van der Waals surface area contributed by atoms with Gasteiger partial charge in [-0.3, -0.25) is 9.59 Å². The third kappa shape index (κ3) is 3.61. The van der Waals surface area contributed by atoms with Crippen LogP contribution in [0.4, 0.5) is 4.39 Å². The van der Waals surface area contributed by atoms with Crippen LogP contribution in [0.3, 0.4) is 0 Å². The lowest BCUT2D eigenvalue weighted by molar-refractivity contribution is -0.140. The molecule has 1 atom stereocenters. The van der Waals surface area contributed by atoms with Crippen LogP contribution < -0.4 is 4.74 Å². The zero-order valence-electron chi connectivity index (χ0n) is 15.5. The molecule has 1 saturated heterocycles. The van der Waals surface area contributed by atoms with E-state index in [1.807, 2.05) is 0 Å². The predicted molar refractivity (Wildman–Crippen MR) is 100 cm³/mol. The van der Waals surface area contributed by atoms with Crippen molar-refractivity contribution in [1.29, 1.82) is 0 Å². The van der Waals surface area contributed by atoms with Gasteiger partial charge in [-0.25, -0.2) is 4.39 Å². The largest absolute Gasteiger partial charge is 0.507 e. The van der Waals surface area contributed by atoms with Crippen LogP contribution in [0, 0.1) is 5.82 Å². The molecule has 0 spiro atoms. The number of hydrogen-bond donors (Lipinski definition) is 1. The van der Waals surface area contributed by atoms with Crippen molar-refractivity contribution >= 4 is 17.4 Å². The molecule has 1 heterocycles. The molecule has 1 aliphatic heterocycles. The first-order chi connectivity index (χ1) is 13.5. The molecule has 28 heavy (non-hydrogen) atoms. The van der Waals surface area contributed by atoms with E-state index in [1.54, 1.807) is 24.3 Å². The molecule has 1 fully saturated rings. The van der Waals surface area contributed by atoms with Gasteiger partial charge in [-0.15, -0.1) is 0 Å². The Morgan fingerprint density at radius 2 is 1.71 bits per heavy atom. The lowest BCUT2D eigenvalue weighted by Crippen LogP contribution is -2.32. The summed E-state index contributed by atoms with van der Waals surface area (Å²) in [5.74, 6) is -1.67. The molecule has 0 aliphatic carbocycles. The molecular weight excluding hydrogens is 365 g/mol. The van der Waals surface area contributed by atoms with Crippen LogP contribution >= 0.6 is 0 Å².